The van der Waals surface area contributed by atoms with E-state index in [0.717, 1.165) is 11.3 Å². The number of anilines is 1. The second-order valence-corrected chi connectivity index (χ2v) is 3.36. The van der Waals surface area contributed by atoms with Crippen LogP contribution < -0.4 is 5.73 Å². The Hall–Kier alpha value is -1.54. The van der Waals surface area contributed by atoms with Crippen molar-refractivity contribution in [3.05, 3.63) is 47.6 Å². The number of aromatic nitrogens is 1. The molecular weight excluding hydrogens is 196 g/mol. The van der Waals surface area contributed by atoms with Crippen LogP contribution in [0.25, 0.3) is 11.3 Å². The molecule has 0 saturated heterocycles. The molecule has 0 fully saturated rings. The first-order chi connectivity index (χ1) is 6.77. The van der Waals surface area contributed by atoms with E-state index < -0.39 is 0 Å². The van der Waals surface area contributed by atoms with Crippen molar-refractivity contribution in [3.63, 3.8) is 0 Å². The molecule has 3 heteroatoms. The summed E-state index contributed by atoms with van der Waals surface area (Å²) in [4.78, 5) is 4.20. The van der Waals surface area contributed by atoms with Gasteiger partial charge in [-0.25, -0.2) is 0 Å². The lowest BCUT2D eigenvalue weighted by Crippen LogP contribution is -1.90. The number of benzene rings is 1. The second-order valence-electron chi connectivity index (χ2n) is 2.96. The predicted molar refractivity (Wildman–Crippen MR) is 59.1 cm³/mol. The Morgan fingerprint density at radius 2 is 1.86 bits per heavy atom. The number of pyridine rings is 1. The van der Waals surface area contributed by atoms with E-state index in [9.17, 15) is 0 Å². The van der Waals surface area contributed by atoms with Gasteiger partial charge < -0.3 is 5.73 Å². The standard InChI is InChI=1S/C11H9ClN2/c12-9-7-14-11(6-10(9)13)8-4-2-1-3-5-8/h1-7H,(H2,13,14). The topological polar surface area (TPSA) is 38.9 Å². The van der Waals surface area contributed by atoms with Crippen LogP contribution in [0.5, 0.6) is 0 Å². The summed E-state index contributed by atoms with van der Waals surface area (Å²) in [5.74, 6) is 0. The molecule has 2 nitrogen and oxygen atoms in total. The molecule has 0 aliphatic heterocycles. The molecule has 70 valence electrons. The van der Waals surface area contributed by atoms with E-state index in [4.69, 9.17) is 17.3 Å². The molecular formula is C11H9ClN2. The minimum atomic E-state index is 0.490. The molecule has 2 N–H and O–H groups in total. The third-order valence-electron chi connectivity index (χ3n) is 1.95. The van der Waals surface area contributed by atoms with E-state index >= 15 is 0 Å². The molecule has 14 heavy (non-hydrogen) atoms. The zero-order valence-electron chi connectivity index (χ0n) is 7.44. The Bertz CT molecular complexity index is 440. The summed E-state index contributed by atoms with van der Waals surface area (Å²) < 4.78 is 0. The lowest BCUT2D eigenvalue weighted by atomic mass is 10.1. The Morgan fingerprint density at radius 1 is 1.14 bits per heavy atom. The van der Waals surface area contributed by atoms with Gasteiger partial charge in [0.2, 0.25) is 0 Å². The van der Waals surface area contributed by atoms with Crippen molar-refractivity contribution in [2.75, 3.05) is 5.73 Å². The summed E-state index contributed by atoms with van der Waals surface area (Å²) in [5, 5.41) is 0.490. The molecule has 1 aromatic carbocycles. The largest absolute Gasteiger partial charge is 0.397 e. The lowest BCUT2D eigenvalue weighted by molar-refractivity contribution is 1.33. The highest BCUT2D eigenvalue weighted by molar-refractivity contribution is 6.32. The van der Waals surface area contributed by atoms with Crippen LogP contribution in [-0.4, -0.2) is 4.98 Å². The fraction of sp³-hybridized carbons (Fsp3) is 0. The van der Waals surface area contributed by atoms with Crippen molar-refractivity contribution >= 4 is 17.3 Å². The van der Waals surface area contributed by atoms with Crippen molar-refractivity contribution in [2.24, 2.45) is 0 Å². The summed E-state index contributed by atoms with van der Waals surface area (Å²) >= 11 is 5.78. The van der Waals surface area contributed by atoms with E-state index in [2.05, 4.69) is 4.98 Å². The number of hydrogen-bond acceptors (Lipinski definition) is 2. The Kier molecular flexibility index (Phi) is 2.37. The molecule has 0 saturated carbocycles. The van der Waals surface area contributed by atoms with Gasteiger partial charge in [-0.05, 0) is 6.07 Å². The maximum absolute atomic E-state index is 5.78. The van der Waals surface area contributed by atoms with Crippen molar-refractivity contribution in [1.29, 1.82) is 0 Å². The third-order valence-corrected chi connectivity index (χ3v) is 2.27. The Morgan fingerprint density at radius 3 is 2.50 bits per heavy atom. The van der Waals surface area contributed by atoms with Crippen molar-refractivity contribution in [1.82, 2.24) is 4.98 Å². The zero-order chi connectivity index (χ0) is 9.97. The van der Waals surface area contributed by atoms with Gasteiger partial charge in [0, 0.05) is 11.8 Å². The van der Waals surface area contributed by atoms with Crippen LogP contribution in [0.2, 0.25) is 5.02 Å². The number of halogens is 1. The van der Waals surface area contributed by atoms with Gasteiger partial charge in [-0.2, -0.15) is 0 Å². The number of rotatable bonds is 1. The number of nitrogen functional groups attached to an aromatic ring is 1. The highest BCUT2D eigenvalue weighted by atomic mass is 35.5. The van der Waals surface area contributed by atoms with Crippen molar-refractivity contribution in [3.8, 4) is 11.3 Å². The summed E-state index contributed by atoms with van der Waals surface area (Å²) in [6.45, 7) is 0. The van der Waals surface area contributed by atoms with E-state index in [1.807, 2.05) is 30.3 Å². The minimum absolute atomic E-state index is 0.490. The highest BCUT2D eigenvalue weighted by Crippen LogP contribution is 2.23. The van der Waals surface area contributed by atoms with Gasteiger partial charge >= 0.3 is 0 Å². The fourth-order valence-corrected chi connectivity index (χ4v) is 1.32. The van der Waals surface area contributed by atoms with Gasteiger partial charge in [0.25, 0.3) is 0 Å². The van der Waals surface area contributed by atoms with Gasteiger partial charge in [-0.15, -0.1) is 0 Å². The second kappa shape index (κ2) is 3.68. The maximum atomic E-state index is 5.78. The molecule has 1 aromatic heterocycles. The summed E-state index contributed by atoms with van der Waals surface area (Å²) in [6, 6.07) is 11.6. The number of hydrogen-bond donors (Lipinski definition) is 1. The fourth-order valence-electron chi connectivity index (χ4n) is 1.22. The van der Waals surface area contributed by atoms with Crippen LogP contribution in [0.4, 0.5) is 5.69 Å². The number of nitrogens with zero attached hydrogens (tertiary/aromatic N) is 1. The molecule has 0 amide bonds. The Labute approximate surface area is 87.4 Å². The highest BCUT2D eigenvalue weighted by Gasteiger charge is 2.01. The van der Waals surface area contributed by atoms with Crippen molar-refractivity contribution in [2.45, 2.75) is 0 Å². The summed E-state index contributed by atoms with van der Waals surface area (Å²) in [7, 11) is 0. The summed E-state index contributed by atoms with van der Waals surface area (Å²) in [6.07, 6.45) is 1.57. The first-order valence-electron chi connectivity index (χ1n) is 4.24. The smallest absolute Gasteiger partial charge is 0.0819 e. The van der Waals surface area contributed by atoms with Gasteiger partial charge in [0.05, 0.1) is 16.4 Å². The quantitative estimate of drug-likeness (QED) is 0.776. The summed E-state index contributed by atoms with van der Waals surface area (Å²) in [5.41, 5.74) is 8.12. The molecule has 0 radical (unpaired) electrons. The van der Waals surface area contributed by atoms with Crippen LogP contribution in [-0.2, 0) is 0 Å². The van der Waals surface area contributed by atoms with Crippen LogP contribution in [0.3, 0.4) is 0 Å². The van der Waals surface area contributed by atoms with Crippen LogP contribution >= 0.6 is 11.6 Å². The first kappa shape index (κ1) is 9.03. The third kappa shape index (κ3) is 1.70. The van der Waals surface area contributed by atoms with Gasteiger partial charge in [-0.1, -0.05) is 41.9 Å². The number of nitrogens with two attached hydrogens (primary N) is 1. The molecule has 0 spiro atoms. The average molecular weight is 205 g/mol. The SMILES string of the molecule is Nc1cc(-c2ccccc2)ncc1Cl. The average Bonchev–Trinajstić information content (AvgIpc) is 2.23. The van der Waals surface area contributed by atoms with Crippen LogP contribution in [0.15, 0.2) is 42.6 Å². The van der Waals surface area contributed by atoms with E-state index in [1.165, 1.54) is 0 Å². The van der Waals surface area contributed by atoms with Gasteiger partial charge in [-0.3, -0.25) is 4.98 Å². The first-order valence-corrected chi connectivity index (χ1v) is 4.61. The lowest BCUT2D eigenvalue weighted by Gasteiger charge is -2.02. The molecule has 1 heterocycles. The maximum Gasteiger partial charge on any atom is 0.0819 e. The monoisotopic (exact) mass is 204 g/mol. The molecule has 0 atom stereocenters. The minimum Gasteiger partial charge on any atom is -0.397 e. The van der Waals surface area contributed by atoms with Gasteiger partial charge in [0.1, 0.15) is 0 Å². The van der Waals surface area contributed by atoms with Crippen molar-refractivity contribution < 1.29 is 0 Å². The molecule has 0 aliphatic rings. The molecule has 2 rings (SSSR count). The zero-order valence-corrected chi connectivity index (χ0v) is 8.20. The molecule has 2 aromatic rings. The van der Waals surface area contributed by atoms with E-state index in [0.29, 0.717) is 10.7 Å². The normalized spacial score (nSPS) is 10.1. The molecule has 0 unspecified atom stereocenters. The Balaban J connectivity index is 2.48. The predicted octanol–water partition coefficient (Wildman–Crippen LogP) is 2.98. The molecule has 0 bridgehead atoms. The van der Waals surface area contributed by atoms with Crippen LogP contribution in [0, 0.1) is 0 Å². The van der Waals surface area contributed by atoms with Gasteiger partial charge in [0.15, 0.2) is 0 Å². The van der Waals surface area contributed by atoms with E-state index in [1.54, 1.807) is 12.3 Å². The van der Waals surface area contributed by atoms with Crippen LogP contribution in [0.1, 0.15) is 0 Å². The van der Waals surface area contributed by atoms with E-state index in [-0.39, 0.29) is 0 Å². The molecule has 0 aliphatic carbocycles.